The van der Waals surface area contributed by atoms with Crippen molar-refractivity contribution in [1.29, 1.82) is 0 Å². The minimum absolute atomic E-state index is 0.117. The van der Waals surface area contributed by atoms with Crippen LogP contribution in [0.2, 0.25) is 0 Å². The summed E-state index contributed by atoms with van der Waals surface area (Å²) in [6, 6.07) is 8.01. The van der Waals surface area contributed by atoms with Gasteiger partial charge in [-0.3, -0.25) is 9.20 Å². The van der Waals surface area contributed by atoms with Gasteiger partial charge in [0.2, 0.25) is 0 Å². The minimum atomic E-state index is -1.31. The zero-order chi connectivity index (χ0) is 29.4. The second kappa shape index (κ2) is 9.52. The Hall–Kier alpha value is -4.51. The van der Waals surface area contributed by atoms with Gasteiger partial charge in [0.1, 0.15) is 11.2 Å². The minimum Gasteiger partial charge on any atom is -0.477 e. The van der Waals surface area contributed by atoms with Crippen LogP contribution in [0, 0.1) is 23.5 Å². The predicted molar refractivity (Wildman–Crippen MR) is 159 cm³/mol. The van der Waals surface area contributed by atoms with Crippen LogP contribution in [0.1, 0.15) is 23.2 Å². The number of hydrogen-bond donors (Lipinski definition) is 3. The summed E-state index contributed by atoms with van der Waals surface area (Å²) in [6.45, 7) is 1.49. The van der Waals surface area contributed by atoms with Gasteiger partial charge in [0.05, 0.1) is 27.7 Å². The van der Waals surface area contributed by atoms with E-state index >= 15 is 4.39 Å². The summed E-state index contributed by atoms with van der Waals surface area (Å²) in [4.78, 5) is 37.1. The Labute approximate surface area is 239 Å². The van der Waals surface area contributed by atoms with Crippen molar-refractivity contribution in [2.75, 3.05) is 44.4 Å². The largest absolute Gasteiger partial charge is 0.477 e. The first-order valence-electron chi connectivity index (χ1n) is 14.0. The summed E-state index contributed by atoms with van der Waals surface area (Å²) in [7, 11) is 5.85. The first-order chi connectivity index (χ1) is 20.2. The van der Waals surface area contributed by atoms with Gasteiger partial charge < -0.3 is 25.2 Å². The SMILES string of the molecule is CNc1cc(F)c(F)c2c1[nH]c1ncc(-c3ccc4ccc(C(=O)O)c(=O)n4c3)c(N3CC4[C@H](CC[C@@H]4N(C)C)C3)c12. The molecule has 2 aliphatic rings. The molecule has 0 radical (unpaired) electrons. The lowest BCUT2D eigenvalue weighted by atomic mass is 9.97. The molecule has 5 aromatic rings. The molecule has 1 saturated carbocycles. The summed E-state index contributed by atoms with van der Waals surface area (Å²) in [6.07, 6.45) is 5.48. The molecule has 1 unspecified atom stereocenters. The van der Waals surface area contributed by atoms with E-state index in [0.717, 1.165) is 32.0 Å². The van der Waals surface area contributed by atoms with E-state index in [2.05, 4.69) is 39.2 Å². The molecule has 0 amide bonds. The second-order valence-corrected chi connectivity index (χ2v) is 11.6. The number of benzene rings is 1. The molecular weight excluding hydrogens is 542 g/mol. The van der Waals surface area contributed by atoms with Gasteiger partial charge in [-0.25, -0.2) is 18.6 Å². The lowest BCUT2D eigenvalue weighted by Crippen LogP contribution is -2.35. The van der Waals surface area contributed by atoms with E-state index in [4.69, 9.17) is 0 Å². The van der Waals surface area contributed by atoms with Crippen LogP contribution in [0.5, 0.6) is 0 Å². The van der Waals surface area contributed by atoms with Crippen molar-refractivity contribution in [2.24, 2.45) is 11.8 Å². The van der Waals surface area contributed by atoms with Gasteiger partial charge >= 0.3 is 5.97 Å². The normalized spacial score (nSPS) is 20.3. The molecule has 9 nitrogen and oxygen atoms in total. The Morgan fingerprint density at radius 2 is 1.93 bits per heavy atom. The quantitative estimate of drug-likeness (QED) is 0.278. The van der Waals surface area contributed by atoms with Crippen LogP contribution in [0.15, 0.2) is 47.5 Å². The molecule has 4 aromatic heterocycles. The number of rotatable bonds is 5. The monoisotopic (exact) mass is 572 g/mol. The highest BCUT2D eigenvalue weighted by atomic mass is 19.2. The number of anilines is 2. The van der Waals surface area contributed by atoms with Crippen LogP contribution in [0.3, 0.4) is 0 Å². The third kappa shape index (κ3) is 3.79. The highest BCUT2D eigenvalue weighted by molar-refractivity contribution is 6.18. The van der Waals surface area contributed by atoms with Gasteiger partial charge in [0.25, 0.3) is 5.56 Å². The molecule has 0 bridgehead atoms. The number of H-pyrrole nitrogens is 1. The van der Waals surface area contributed by atoms with Gasteiger partial charge in [0, 0.05) is 61.3 Å². The fourth-order valence-corrected chi connectivity index (χ4v) is 7.26. The van der Waals surface area contributed by atoms with Crippen LogP contribution in [0.25, 0.3) is 38.6 Å². The van der Waals surface area contributed by atoms with E-state index in [0.29, 0.717) is 62.4 Å². The molecule has 42 heavy (non-hydrogen) atoms. The topological polar surface area (TPSA) is 106 Å². The van der Waals surface area contributed by atoms with Crippen LogP contribution in [-0.4, -0.2) is 70.6 Å². The number of nitrogens with zero attached hydrogens (tertiary/aromatic N) is 4. The Bertz CT molecular complexity index is 1980. The van der Waals surface area contributed by atoms with Crippen LogP contribution in [0.4, 0.5) is 20.2 Å². The number of carboxylic acid groups (broad SMARTS) is 1. The number of fused-ring (bicyclic) bond motifs is 5. The summed E-state index contributed by atoms with van der Waals surface area (Å²) in [5.41, 5.74) is 2.78. The van der Waals surface area contributed by atoms with E-state index in [9.17, 15) is 19.1 Å². The summed E-state index contributed by atoms with van der Waals surface area (Å²) in [5, 5.41) is 13.1. The van der Waals surface area contributed by atoms with E-state index in [1.54, 1.807) is 31.6 Å². The molecule has 3 atom stereocenters. The molecule has 2 fully saturated rings. The number of halogens is 2. The molecule has 216 valence electrons. The summed E-state index contributed by atoms with van der Waals surface area (Å²) >= 11 is 0. The maximum absolute atomic E-state index is 15.7. The number of aromatic nitrogens is 3. The first-order valence-corrected chi connectivity index (χ1v) is 14.0. The van der Waals surface area contributed by atoms with Crippen molar-refractivity contribution in [1.82, 2.24) is 19.3 Å². The van der Waals surface area contributed by atoms with Gasteiger partial charge in [-0.15, -0.1) is 0 Å². The molecule has 1 saturated heterocycles. The molecule has 11 heteroatoms. The molecule has 0 spiro atoms. The molecule has 1 aliphatic carbocycles. The Morgan fingerprint density at radius 3 is 2.67 bits per heavy atom. The second-order valence-electron chi connectivity index (χ2n) is 11.6. The highest BCUT2D eigenvalue weighted by Gasteiger charge is 2.44. The maximum atomic E-state index is 15.7. The Morgan fingerprint density at radius 1 is 1.14 bits per heavy atom. The van der Waals surface area contributed by atoms with Crippen LogP contribution < -0.4 is 15.8 Å². The number of aromatic carboxylic acids is 1. The number of carbonyl (C=O) groups is 1. The zero-order valence-electron chi connectivity index (χ0n) is 23.4. The lowest BCUT2D eigenvalue weighted by Gasteiger charge is -2.28. The highest BCUT2D eigenvalue weighted by Crippen LogP contribution is 2.48. The van der Waals surface area contributed by atoms with Crippen molar-refractivity contribution in [3.63, 3.8) is 0 Å². The third-order valence-electron chi connectivity index (χ3n) is 9.22. The van der Waals surface area contributed by atoms with Crippen molar-refractivity contribution >= 4 is 44.8 Å². The average Bonchev–Trinajstić information content (AvgIpc) is 3.67. The van der Waals surface area contributed by atoms with Crippen molar-refractivity contribution in [3.8, 4) is 11.1 Å². The Balaban J connectivity index is 1.52. The van der Waals surface area contributed by atoms with Crippen LogP contribution >= 0.6 is 0 Å². The lowest BCUT2D eigenvalue weighted by molar-refractivity contribution is 0.0694. The fourth-order valence-electron chi connectivity index (χ4n) is 7.26. The van der Waals surface area contributed by atoms with Crippen LogP contribution in [-0.2, 0) is 0 Å². The molecule has 1 aliphatic heterocycles. The summed E-state index contributed by atoms with van der Waals surface area (Å²) < 4.78 is 31.9. The van der Waals surface area contributed by atoms with Crippen molar-refractivity contribution in [3.05, 3.63) is 70.3 Å². The molecular formula is C31H30F2N6O3. The number of carboxylic acids is 1. The third-order valence-corrected chi connectivity index (χ3v) is 9.22. The van der Waals surface area contributed by atoms with Gasteiger partial charge in [-0.05, 0) is 57.0 Å². The van der Waals surface area contributed by atoms with E-state index in [1.165, 1.54) is 10.5 Å². The summed E-state index contributed by atoms with van der Waals surface area (Å²) in [5.74, 6) is -2.37. The van der Waals surface area contributed by atoms with Crippen molar-refractivity contribution < 1.29 is 18.7 Å². The van der Waals surface area contributed by atoms with E-state index < -0.39 is 23.2 Å². The standard InChI is InChI=1S/C31H30F2N6O3/c1-34-22-10-21(32)26(33)24-25-28(38-12-15-5-9-23(37(2)3)20(15)14-38)19(11-35-29(25)36-27(22)24)16-4-6-17-7-8-18(31(41)42)30(40)39(17)13-16/h4,6-8,10-11,13,15,20,23,34H,5,9,12,14H2,1-3H3,(H,35,36)(H,41,42)/t15-,20?,23+/m1/s1. The van der Waals surface area contributed by atoms with Crippen molar-refractivity contribution in [2.45, 2.75) is 18.9 Å². The van der Waals surface area contributed by atoms with Gasteiger partial charge in [0.15, 0.2) is 11.6 Å². The average molecular weight is 573 g/mol. The number of hydrogen-bond acceptors (Lipinski definition) is 6. The fraction of sp³-hybridized carbons (Fsp3) is 0.323. The molecule has 7 rings (SSSR count). The molecule has 1 aromatic carbocycles. The van der Waals surface area contributed by atoms with Gasteiger partial charge in [-0.2, -0.15) is 0 Å². The first kappa shape index (κ1) is 26.4. The zero-order valence-corrected chi connectivity index (χ0v) is 23.4. The van der Waals surface area contributed by atoms with E-state index in [1.807, 2.05) is 6.07 Å². The number of pyridine rings is 3. The molecule has 5 heterocycles. The Kier molecular flexibility index (Phi) is 5.98. The molecule has 3 N–H and O–H groups in total. The predicted octanol–water partition coefficient (Wildman–Crippen LogP) is 4.79. The van der Waals surface area contributed by atoms with E-state index in [-0.39, 0.29) is 10.9 Å². The number of aromatic amines is 1. The number of nitrogens with one attached hydrogen (secondary N) is 2. The van der Waals surface area contributed by atoms with Gasteiger partial charge in [-0.1, -0.05) is 6.07 Å². The maximum Gasteiger partial charge on any atom is 0.341 e. The smallest absolute Gasteiger partial charge is 0.341 e.